The van der Waals surface area contributed by atoms with Gasteiger partial charge >= 0.3 is 0 Å². The molecule has 1 amide bonds. The molecule has 0 saturated heterocycles. The first-order valence-corrected chi connectivity index (χ1v) is 8.35. The molecule has 0 atom stereocenters. The third kappa shape index (κ3) is 5.27. The lowest BCUT2D eigenvalue weighted by Crippen LogP contribution is -2.34. The molecular weight excluding hydrogens is 360 g/mol. The number of ketones is 1. The van der Waals surface area contributed by atoms with Crippen molar-refractivity contribution in [3.05, 3.63) is 58.6 Å². The highest BCUT2D eigenvalue weighted by molar-refractivity contribution is 7.80. The van der Waals surface area contributed by atoms with Gasteiger partial charge in [-0.1, -0.05) is 11.6 Å². The molecule has 2 aromatic rings. The van der Waals surface area contributed by atoms with Gasteiger partial charge in [0.2, 0.25) is 0 Å². The van der Waals surface area contributed by atoms with E-state index in [0.29, 0.717) is 34.2 Å². The van der Waals surface area contributed by atoms with Crippen LogP contribution in [0.5, 0.6) is 5.75 Å². The summed E-state index contributed by atoms with van der Waals surface area (Å²) in [5, 5.41) is 5.96. The van der Waals surface area contributed by atoms with Gasteiger partial charge in [-0.15, -0.1) is 0 Å². The summed E-state index contributed by atoms with van der Waals surface area (Å²) in [6, 6.07) is 11.6. The van der Waals surface area contributed by atoms with Crippen LogP contribution in [-0.2, 0) is 0 Å². The predicted molar refractivity (Wildman–Crippen MR) is 103 cm³/mol. The molecule has 0 radical (unpaired) electrons. The summed E-state index contributed by atoms with van der Waals surface area (Å²) in [7, 11) is 0. The lowest BCUT2D eigenvalue weighted by molar-refractivity contribution is 0.0976. The highest BCUT2D eigenvalue weighted by Gasteiger charge is 2.11. The molecule has 130 valence electrons. The Balaban J connectivity index is 1.99. The number of nitrogens with one attached hydrogen (secondary N) is 2. The highest BCUT2D eigenvalue weighted by Crippen LogP contribution is 2.25. The molecule has 0 saturated carbocycles. The molecule has 0 spiro atoms. The van der Waals surface area contributed by atoms with E-state index in [4.69, 9.17) is 28.6 Å². The normalized spacial score (nSPS) is 10.0. The standard InChI is InChI=1S/C18H17ClN2O3S/c1-3-24-16-9-6-13(10-15(16)19)17(23)21-18(25)20-14-7-4-12(5-8-14)11(2)22/h4-10H,3H2,1-2H3,(H2,20,21,23,25). The zero-order valence-electron chi connectivity index (χ0n) is 13.8. The van der Waals surface area contributed by atoms with Crippen LogP contribution in [0.1, 0.15) is 34.6 Å². The molecule has 0 aromatic heterocycles. The Hall–Kier alpha value is -2.44. The molecule has 25 heavy (non-hydrogen) atoms. The molecule has 2 N–H and O–H groups in total. The van der Waals surface area contributed by atoms with Gasteiger partial charge in [-0.05, 0) is 68.5 Å². The van der Waals surface area contributed by atoms with Crippen LogP contribution in [0.25, 0.3) is 0 Å². The van der Waals surface area contributed by atoms with Crippen molar-refractivity contribution in [2.75, 3.05) is 11.9 Å². The number of amides is 1. The molecule has 5 nitrogen and oxygen atoms in total. The van der Waals surface area contributed by atoms with Crippen molar-refractivity contribution < 1.29 is 14.3 Å². The second-order valence-electron chi connectivity index (χ2n) is 5.12. The van der Waals surface area contributed by atoms with Crippen LogP contribution in [0.15, 0.2) is 42.5 Å². The Morgan fingerprint density at radius 3 is 2.32 bits per heavy atom. The van der Waals surface area contributed by atoms with Gasteiger partial charge in [-0.3, -0.25) is 14.9 Å². The zero-order valence-corrected chi connectivity index (χ0v) is 15.3. The van der Waals surface area contributed by atoms with Crippen LogP contribution in [0.4, 0.5) is 5.69 Å². The minimum atomic E-state index is -0.386. The summed E-state index contributed by atoms with van der Waals surface area (Å²) < 4.78 is 5.33. The smallest absolute Gasteiger partial charge is 0.257 e. The van der Waals surface area contributed by atoms with Crippen molar-refractivity contribution in [1.82, 2.24) is 5.32 Å². The Morgan fingerprint density at radius 2 is 1.76 bits per heavy atom. The number of rotatable bonds is 5. The number of carbonyl (C=O) groups is 2. The second-order valence-corrected chi connectivity index (χ2v) is 5.94. The quantitative estimate of drug-likeness (QED) is 0.608. The Kier molecular flexibility index (Phi) is 6.50. The number of anilines is 1. The number of ether oxygens (including phenoxy) is 1. The van der Waals surface area contributed by atoms with Gasteiger partial charge < -0.3 is 10.1 Å². The first kappa shape index (κ1) is 18.9. The van der Waals surface area contributed by atoms with Gasteiger partial charge in [0.05, 0.1) is 11.6 Å². The van der Waals surface area contributed by atoms with Crippen LogP contribution in [0, 0.1) is 0 Å². The molecule has 7 heteroatoms. The molecule has 2 aromatic carbocycles. The van der Waals surface area contributed by atoms with E-state index in [1.807, 2.05) is 6.92 Å². The van der Waals surface area contributed by atoms with Gasteiger partial charge in [0.25, 0.3) is 5.91 Å². The number of halogens is 1. The van der Waals surface area contributed by atoms with E-state index in [1.54, 1.807) is 36.4 Å². The summed E-state index contributed by atoms with van der Waals surface area (Å²) in [4.78, 5) is 23.5. The molecule has 0 unspecified atom stereocenters. The number of carbonyl (C=O) groups excluding carboxylic acids is 2. The van der Waals surface area contributed by atoms with E-state index < -0.39 is 0 Å². The van der Waals surface area contributed by atoms with Gasteiger partial charge in [-0.2, -0.15) is 0 Å². The monoisotopic (exact) mass is 376 g/mol. The largest absolute Gasteiger partial charge is 0.492 e. The molecule has 0 aliphatic carbocycles. The summed E-state index contributed by atoms with van der Waals surface area (Å²) in [5.41, 5.74) is 1.63. The van der Waals surface area contributed by atoms with Crippen molar-refractivity contribution in [2.24, 2.45) is 0 Å². The maximum atomic E-state index is 12.2. The van der Waals surface area contributed by atoms with Crippen molar-refractivity contribution in [3.63, 3.8) is 0 Å². The van der Waals surface area contributed by atoms with Crippen LogP contribution in [0.3, 0.4) is 0 Å². The third-order valence-corrected chi connectivity index (χ3v) is 3.77. The first-order valence-electron chi connectivity index (χ1n) is 7.56. The van der Waals surface area contributed by atoms with Crippen molar-refractivity contribution >= 4 is 46.3 Å². The van der Waals surface area contributed by atoms with Crippen LogP contribution < -0.4 is 15.4 Å². The van der Waals surface area contributed by atoms with Gasteiger partial charge in [-0.25, -0.2) is 0 Å². The SMILES string of the molecule is CCOc1ccc(C(=O)NC(=S)Nc2ccc(C(C)=O)cc2)cc1Cl. The topological polar surface area (TPSA) is 67.4 Å². The fourth-order valence-electron chi connectivity index (χ4n) is 2.04. The summed E-state index contributed by atoms with van der Waals surface area (Å²) >= 11 is 11.2. The molecule has 0 aliphatic rings. The fraction of sp³-hybridized carbons (Fsp3) is 0.167. The predicted octanol–water partition coefficient (Wildman–Crippen LogP) is 4.07. The van der Waals surface area contributed by atoms with Crippen molar-refractivity contribution in [3.8, 4) is 5.75 Å². The summed E-state index contributed by atoms with van der Waals surface area (Å²) in [6.07, 6.45) is 0. The van der Waals surface area contributed by atoms with E-state index in [0.717, 1.165) is 0 Å². The Labute approximate surface area is 156 Å². The van der Waals surface area contributed by atoms with Gasteiger partial charge in [0.1, 0.15) is 5.75 Å². The summed E-state index contributed by atoms with van der Waals surface area (Å²) in [6.45, 7) is 3.83. The van der Waals surface area contributed by atoms with Gasteiger partial charge in [0, 0.05) is 16.8 Å². The van der Waals surface area contributed by atoms with Crippen LogP contribution in [0.2, 0.25) is 5.02 Å². The van der Waals surface area contributed by atoms with Crippen LogP contribution >= 0.6 is 23.8 Å². The van der Waals surface area contributed by atoms with E-state index in [9.17, 15) is 9.59 Å². The minimum Gasteiger partial charge on any atom is -0.492 e. The van der Waals surface area contributed by atoms with Gasteiger partial charge in [0.15, 0.2) is 10.9 Å². The molecular formula is C18H17ClN2O3S. The third-order valence-electron chi connectivity index (χ3n) is 3.27. The van der Waals surface area contributed by atoms with E-state index in [-0.39, 0.29) is 16.8 Å². The highest BCUT2D eigenvalue weighted by atomic mass is 35.5. The minimum absolute atomic E-state index is 0.0187. The summed E-state index contributed by atoms with van der Waals surface area (Å²) in [5.74, 6) is 0.115. The first-order chi connectivity index (χ1) is 11.9. The number of benzene rings is 2. The molecule has 2 rings (SSSR count). The maximum Gasteiger partial charge on any atom is 0.257 e. The number of Topliss-reactive ketones (excluding diaryl/α,β-unsaturated/α-hetero) is 1. The van der Waals surface area contributed by atoms with Crippen LogP contribution in [-0.4, -0.2) is 23.4 Å². The Bertz CT molecular complexity index is 806. The lowest BCUT2D eigenvalue weighted by atomic mass is 10.1. The molecule has 0 bridgehead atoms. The lowest BCUT2D eigenvalue weighted by Gasteiger charge is -2.11. The van der Waals surface area contributed by atoms with Crippen molar-refractivity contribution in [2.45, 2.75) is 13.8 Å². The molecule has 0 heterocycles. The van der Waals surface area contributed by atoms with E-state index in [1.165, 1.54) is 13.0 Å². The molecule has 0 fully saturated rings. The number of hydrogen-bond acceptors (Lipinski definition) is 4. The number of thiocarbonyl (C=S) groups is 1. The average Bonchev–Trinajstić information content (AvgIpc) is 2.57. The number of hydrogen-bond donors (Lipinski definition) is 2. The second kappa shape index (κ2) is 8.60. The zero-order chi connectivity index (χ0) is 18.4. The average molecular weight is 377 g/mol. The van der Waals surface area contributed by atoms with Crippen molar-refractivity contribution in [1.29, 1.82) is 0 Å². The Morgan fingerprint density at radius 1 is 1.12 bits per heavy atom. The maximum absolute atomic E-state index is 12.2. The van der Waals surface area contributed by atoms with E-state index in [2.05, 4.69) is 10.6 Å². The van der Waals surface area contributed by atoms with E-state index >= 15 is 0 Å². The molecule has 0 aliphatic heterocycles. The fourth-order valence-corrected chi connectivity index (χ4v) is 2.49.